The fraction of sp³-hybridized carbons (Fsp3) is 0.417. The van der Waals surface area contributed by atoms with E-state index < -0.39 is 15.1 Å². The van der Waals surface area contributed by atoms with Crippen molar-refractivity contribution in [2.75, 3.05) is 6.26 Å². The lowest BCUT2D eigenvalue weighted by Gasteiger charge is -1.99. The number of nitriles is 1. The van der Waals surface area contributed by atoms with Crippen molar-refractivity contribution in [2.24, 2.45) is 5.92 Å². The first-order valence-electron chi connectivity index (χ1n) is 5.10. The summed E-state index contributed by atoms with van der Waals surface area (Å²) in [6.45, 7) is 1.98. The molecule has 1 saturated carbocycles. The predicted octanol–water partition coefficient (Wildman–Crippen LogP) is 1.65. The van der Waals surface area contributed by atoms with Gasteiger partial charge < -0.3 is 0 Å². The predicted molar refractivity (Wildman–Crippen MR) is 61.7 cm³/mol. The second-order valence-corrected chi connectivity index (χ2v) is 6.59. The van der Waals surface area contributed by atoms with Crippen LogP contribution in [0.3, 0.4) is 0 Å². The Labute approximate surface area is 95.6 Å². The molecule has 0 saturated heterocycles. The van der Waals surface area contributed by atoms with Crippen molar-refractivity contribution < 1.29 is 8.42 Å². The summed E-state index contributed by atoms with van der Waals surface area (Å²) in [6.07, 6.45) is 1.20. The molecule has 1 aliphatic carbocycles. The van der Waals surface area contributed by atoms with Crippen LogP contribution in [0.2, 0.25) is 0 Å². The molecule has 0 heterocycles. The largest absolute Gasteiger partial charge is 0.229 e. The third-order valence-corrected chi connectivity index (χ3v) is 4.63. The van der Waals surface area contributed by atoms with Gasteiger partial charge in [-0.15, -0.1) is 0 Å². The SMILES string of the molecule is Cc1ccc([C@@H]2[C@H](C#N)[C@H]2S(C)(=O)=O)cc1. The minimum absolute atomic E-state index is 0.138. The van der Waals surface area contributed by atoms with Gasteiger partial charge in [-0.3, -0.25) is 0 Å². The van der Waals surface area contributed by atoms with Gasteiger partial charge in [0, 0.05) is 12.2 Å². The Morgan fingerprint density at radius 1 is 1.25 bits per heavy atom. The zero-order chi connectivity index (χ0) is 11.9. The normalized spacial score (nSPS) is 28.4. The molecule has 0 aliphatic heterocycles. The smallest absolute Gasteiger partial charge is 0.152 e. The number of hydrogen-bond acceptors (Lipinski definition) is 3. The van der Waals surface area contributed by atoms with Crippen LogP contribution >= 0.6 is 0 Å². The molecule has 2 rings (SSSR count). The molecule has 3 atom stereocenters. The summed E-state index contributed by atoms with van der Waals surface area (Å²) in [6, 6.07) is 9.80. The molecule has 1 fully saturated rings. The standard InChI is InChI=1S/C12H13NO2S/c1-8-3-5-9(6-4-8)11-10(7-13)12(11)16(2,14)15/h3-6,10-12H,1-2H3/t10-,11+,12+/m0/s1. The summed E-state index contributed by atoms with van der Waals surface area (Å²) in [7, 11) is -3.12. The summed E-state index contributed by atoms with van der Waals surface area (Å²) in [4.78, 5) is 0. The van der Waals surface area contributed by atoms with E-state index in [9.17, 15) is 8.42 Å². The van der Waals surface area contributed by atoms with E-state index >= 15 is 0 Å². The molecule has 0 radical (unpaired) electrons. The monoisotopic (exact) mass is 235 g/mol. The van der Waals surface area contributed by atoms with Crippen LogP contribution in [0.15, 0.2) is 24.3 Å². The van der Waals surface area contributed by atoms with Gasteiger partial charge in [-0.05, 0) is 12.5 Å². The molecular formula is C12H13NO2S. The van der Waals surface area contributed by atoms with Crippen molar-refractivity contribution >= 4 is 9.84 Å². The lowest BCUT2D eigenvalue weighted by atomic mass is 10.1. The van der Waals surface area contributed by atoms with Crippen LogP contribution in [0.4, 0.5) is 0 Å². The van der Waals surface area contributed by atoms with E-state index in [1.165, 1.54) is 6.26 Å². The second kappa shape index (κ2) is 3.60. The number of benzene rings is 1. The Bertz CT molecular complexity index is 539. The van der Waals surface area contributed by atoms with Crippen LogP contribution in [0.25, 0.3) is 0 Å². The Kier molecular flexibility index (Phi) is 2.51. The average molecular weight is 235 g/mol. The Hall–Kier alpha value is -1.34. The summed E-state index contributed by atoms with van der Waals surface area (Å²) in [5, 5.41) is 8.40. The van der Waals surface area contributed by atoms with Crippen LogP contribution in [0.1, 0.15) is 17.0 Å². The van der Waals surface area contributed by atoms with E-state index in [1.54, 1.807) is 0 Å². The fourth-order valence-corrected chi connectivity index (χ4v) is 3.69. The van der Waals surface area contributed by atoms with Crippen molar-refractivity contribution in [1.29, 1.82) is 5.26 Å². The van der Waals surface area contributed by atoms with Gasteiger partial charge in [0.15, 0.2) is 9.84 Å². The Morgan fingerprint density at radius 2 is 1.81 bits per heavy atom. The zero-order valence-electron chi connectivity index (χ0n) is 9.21. The first-order chi connectivity index (χ1) is 7.45. The van der Waals surface area contributed by atoms with Gasteiger partial charge in [0.25, 0.3) is 0 Å². The molecule has 84 valence electrons. The Morgan fingerprint density at radius 3 is 2.19 bits per heavy atom. The van der Waals surface area contributed by atoms with Gasteiger partial charge in [0.05, 0.1) is 17.2 Å². The van der Waals surface area contributed by atoms with Crippen LogP contribution in [-0.2, 0) is 9.84 Å². The van der Waals surface area contributed by atoms with Gasteiger partial charge in [-0.1, -0.05) is 29.8 Å². The quantitative estimate of drug-likeness (QED) is 0.783. The van der Waals surface area contributed by atoms with Gasteiger partial charge in [-0.25, -0.2) is 8.42 Å². The maximum absolute atomic E-state index is 11.5. The first-order valence-corrected chi connectivity index (χ1v) is 7.05. The molecule has 0 amide bonds. The number of hydrogen-bond donors (Lipinski definition) is 0. The van der Waals surface area contributed by atoms with Crippen LogP contribution in [0.5, 0.6) is 0 Å². The van der Waals surface area contributed by atoms with Crippen LogP contribution in [-0.4, -0.2) is 19.9 Å². The van der Waals surface area contributed by atoms with Crippen molar-refractivity contribution in [2.45, 2.75) is 18.1 Å². The highest BCUT2D eigenvalue weighted by atomic mass is 32.2. The van der Waals surface area contributed by atoms with E-state index in [0.717, 1.165) is 11.1 Å². The van der Waals surface area contributed by atoms with Crippen molar-refractivity contribution in [3.8, 4) is 6.07 Å². The average Bonchev–Trinajstić information content (AvgIpc) is 2.92. The van der Waals surface area contributed by atoms with Gasteiger partial charge >= 0.3 is 0 Å². The van der Waals surface area contributed by atoms with Crippen molar-refractivity contribution in [3.05, 3.63) is 35.4 Å². The van der Waals surface area contributed by atoms with Crippen LogP contribution in [0, 0.1) is 24.2 Å². The van der Waals surface area contributed by atoms with E-state index in [4.69, 9.17) is 5.26 Å². The summed E-state index contributed by atoms with van der Waals surface area (Å²) < 4.78 is 22.9. The van der Waals surface area contributed by atoms with Crippen molar-refractivity contribution in [1.82, 2.24) is 0 Å². The molecule has 0 unspecified atom stereocenters. The topological polar surface area (TPSA) is 57.9 Å². The molecule has 3 nitrogen and oxygen atoms in total. The van der Waals surface area contributed by atoms with Gasteiger partial charge in [-0.2, -0.15) is 5.26 Å². The third kappa shape index (κ3) is 1.83. The van der Waals surface area contributed by atoms with Crippen molar-refractivity contribution in [3.63, 3.8) is 0 Å². The fourth-order valence-electron chi connectivity index (χ4n) is 2.16. The number of rotatable bonds is 2. The molecule has 0 N–H and O–H groups in total. The lowest BCUT2D eigenvalue weighted by Crippen LogP contribution is -2.06. The first kappa shape index (κ1) is 11.2. The second-order valence-electron chi connectivity index (χ2n) is 4.39. The number of sulfone groups is 1. The van der Waals surface area contributed by atoms with E-state index in [1.807, 2.05) is 31.2 Å². The summed E-state index contributed by atoms with van der Waals surface area (Å²) in [5.41, 5.74) is 2.08. The van der Waals surface area contributed by atoms with E-state index in [2.05, 4.69) is 6.07 Å². The highest BCUT2D eigenvalue weighted by Gasteiger charge is 2.57. The zero-order valence-corrected chi connectivity index (χ0v) is 10.0. The summed E-state index contributed by atoms with van der Waals surface area (Å²) in [5.74, 6) is -0.515. The molecule has 4 heteroatoms. The third-order valence-electron chi connectivity index (χ3n) is 3.06. The minimum atomic E-state index is -3.12. The molecule has 16 heavy (non-hydrogen) atoms. The summed E-state index contributed by atoms with van der Waals surface area (Å²) >= 11 is 0. The van der Waals surface area contributed by atoms with Gasteiger partial charge in [0.2, 0.25) is 0 Å². The molecule has 0 aromatic heterocycles. The molecule has 0 bridgehead atoms. The molecule has 1 aliphatic rings. The maximum atomic E-state index is 11.5. The van der Waals surface area contributed by atoms with E-state index in [-0.39, 0.29) is 11.8 Å². The maximum Gasteiger partial charge on any atom is 0.152 e. The molecule has 1 aromatic rings. The molecule has 0 spiro atoms. The Balaban J connectivity index is 2.31. The highest BCUT2D eigenvalue weighted by Crippen LogP contribution is 2.51. The van der Waals surface area contributed by atoms with E-state index in [0.29, 0.717) is 0 Å². The van der Waals surface area contributed by atoms with Gasteiger partial charge in [0.1, 0.15) is 0 Å². The number of nitrogens with zero attached hydrogens (tertiary/aromatic N) is 1. The highest BCUT2D eigenvalue weighted by molar-refractivity contribution is 7.91. The number of aryl methyl sites for hydroxylation is 1. The lowest BCUT2D eigenvalue weighted by molar-refractivity contribution is 0.599. The minimum Gasteiger partial charge on any atom is -0.229 e. The molecule has 1 aromatic carbocycles. The van der Waals surface area contributed by atoms with Crippen LogP contribution < -0.4 is 0 Å². The molecular weight excluding hydrogens is 222 g/mol.